The highest BCUT2D eigenvalue weighted by molar-refractivity contribution is 7.33. The second-order valence-corrected chi connectivity index (χ2v) is 4.09. The van der Waals surface area contributed by atoms with E-state index in [1.54, 1.807) is 11.8 Å². The Balaban J connectivity index is 4.70. The van der Waals surface area contributed by atoms with Gasteiger partial charge in [0.25, 0.3) is 11.7 Å². The van der Waals surface area contributed by atoms with E-state index >= 15 is 0 Å². The van der Waals surface area contributed by atoms with E-state index in [-0.39, 0.29) is 0 Å². The molecule has 0 N–H and O–H groups in total. The smallest absolute Gasteiger partial charge is 0.263 e. The first-order valence-corrected chi connectivity index (χ1v) is 6.04. The van der Waals surface area contributed by atoms with Crippen molar-refractivity contribution in [3.05, 3.63) is 25.3 Å². The highest BCUT2D eigenvalue weighted by Gasteiger charge is 2.34. The molecule has 0 heterocycles. The molecule has 0 aromatic carbocycles. The molecule has 0 saturated heterocycles. The number of hydrogen-bond acceptors (Lipinski definition) is 3. The van der Waals surface area contributed by atoms with Crippen LogP contribution in [0.15, 0.2) is 25.3 Å². The van der Waals surface area contributed by atoms with Gasteiger partial charge in [0.2, 0.25) is 0 Å². The molecule has 2 atom stereocenters. The van der Waals surface area contributed by atoms with Crippen molar-refractivity contribution in [2.45, 2.75) is 24.6 Å². The lowest BCUT2D eigenvalue weighted by Crippen LogP contribution is -2.25. The Hall–Kier alpha value is -1.39. The molecular weight excluding hydrogens is 261 g/mol. The number of rotatable bonds is 8. The Labute approximate surface area is 106 Å². The lowest BCUT2D eigenvalue weighted by Gasteiger charge is -2.21. The van der Waals surface area contributed by atoms with Crippen LogP contribution >= 0.6 is 8.25 Å². The normalized spacial score (nSPS) is 18.4. The van der Waals surface area contributed by atoms with Crippen LogP contribution in [0.25, 0.3) is 0 Å². The molecule has 0 aromatic heterocycles. The third-order valence-corrected chi connectivity index (χ3v) is 2.72. The van der Waals surface area contributed by atoms with E-state index in [0.29, 0.717) is 0 Å². The average Bonchev–Trinajstić information content (AvgIpc) is 2.29. The van der Waals surface area contributed by atoms with Crippen LogP contribution in [0.5, 0.6) is 0 Å². The van der Waals surface area contributed by atoms with Gasteiger partial charge in [-0.15, -0.1) is 26.0 Å². The van der Waals surface area contributed by atoms with Crippen LogP contribution in [-0.4, -0.2) is 11.7 Å². The average molecular weight is 274 g/mol. The molecule has 0 spiro atoms. The molecule has 0 aliphatic rings. The zero-order chi connectivity index (χ0) is 14.2. The summed E-state index contributed by atoms with van der Waals surface area (Å²) >= 11 is 0. The third-order valence-electron chi connectivity index (χ3n) is 1.74. The van der Waals surface area contributed by atoms with Crippen molar-refractivity contribution in [2.75, 3.05) is 0 Å². The van der Waals surface area contributed by atoms with E-state index in [9.17, 15) is 13.3 Å². The van der Waals surface area contributed by atoms with Crippen molar-refractivity contribution in [3.63, 3.8) is 0 Å². The van der Waals surface area contributed by atoms with Gasteiger partial charge in [-0.25, -0.2) is 0 Å². The van der Waals surface area contributed by atoms with Gasteiger partial charge in [-0.2, -0.15) is 8.78 Å². The molecular formula is C12H13F2O3P. The summed E-state index contributed by atoms with van der Waals surface area (Å²) in [5, 5.41) is 0. The van der Waals surface area contributed by atoms with Crippen molar-refractivity contribution in [1.82, 2.24) is 0 Å². The quantitative estimate of drug-likeness (QED) is 0.387. The van der Waals surface area contributed by atoms with Crippen molar-refractivity contribution in [3.8, 4) is 24.7 Å². The van der Waals surface area contributed by atoms with Gasteiger partial charge in [-0.05, 0) is 11.8 Å². The second kappa shape index (κ2) is 7.13. The fourth-order valence-corrected chi connectivity index (χ4v) is 1.77. The summed E-state index contributed by atoms with van der Waals surface area (Å²) < 4.78 is 47.4. The Morgan fingerprint density at radius 2 is 1.44 bits per heavy atom. The molecule has 0 saturated carbocycles. The number of terminal acetylenes is 2. The monoisotopic (exact) mass is 274 g/mol. The summed E-state index contributed by atoms with van der Waals surface area (Å²) in [6, 6.07) is 0. The van der Waals surface area contributed by atoms with E-state index in [1.165, 1.54) is 0 Å². The minimum Gasteiger partial charge on any atom is -0.263 e. The number of alkyl halides is 2. The molecule has 0 radical (unpaired) electrons. The van der Waals surface area contributed by atoms with Gasteiger partial charge in [-0.1, -0.05) is 12.2 Å². The van der Waals surface area contributed by atoms with Crippen LogP contribution in [0.1, 0.15) is 12.8 Å². The SMILES string of the molecule is C#CC(F)(CC=C)O[PH](=O)OC(F)(C#C)CC=C. The summed E-state index contributed by atoms with van der Waals surface area (Å²) in [5.41, 5.74) is 0. The van der Waals surface area contributed by atoms with Gasteiger partial charge >= 0.3 is 8.25 Å². The molecule has 6 heteroatoms. The highest BCUT2D eigenvalue weighted by atomic mass is 31.1. The maximum atomic E-state index is 13.7. The van der Waals surface area contributed by atoms with E-state index in [4.69, 9.17) is 12.8 Å². The van der Waals surface area contributed by atoms with Crippen LogP contribution in [-0.2, 0) is 13.6 Å². The van der Waals surface area contributed by atoms with Gasteiger partial charge < -0.3 is 0 Å². The zero-order valence-corrected chi connectivity index (χ0v) is 10.6. The summed E-state index contributed by atoms with van der Waals surface area (Å²) in [5.74, 6) is -2.06. The van der Waals surface area contributed by atoms with E-state index < -0.39 is 32.8 Å². The lowest BCUT2D eigenvalue weighted by molar-refractivity contribution is -0.0499. The summed E-state index contributed by atoms with van der Waals surface area (Å²) in [6.07, 6.45) is 11.2. The molecule has 98 valence electrons. The molecule has 0 aromatic rings. The molecule has 0 bridgehead atoms. The first-order chi connectivity index (χ1) is 8.34. The molecule has 0 fully saturated rings. The van der Waals surface area contributed by atoms with Crippen LogP contribution < -0.4 is 0 Å². The Bertz CT molecular complexity index is 386. The Morgan fingerprint density at radius 1 is 1.11 bits per heavy atom. The van der Waals surface area contributed by atoms with Gasteiger partial charge in [0.05, 0.1) is 0 Å². The topological polar surface area (TPSA) is 35.5 Å². The predicted octanol–water partition coefficient (Wildman–Crippen LogP) is 3.16. The number of halogens is 2. The van der Waals surface area contributed by atoms with Gasteiger partial charge in [-0.3, -0.25) is 13.6 Å². The van der Waals surface area contributed by atoms with E-state index in [1.807, 2.05) is 0 Å². The van der Waals surface area contributed by atoms with Crippen LogP contribution in [0.2, 0.25) is 0 Å². The summed E-state index contributed by atoms with van der Waals surface area (Å²) in [4.78, 5) is 0. The maximum absolute atomic E-state index is 13.7. The van der Waals surface area contributed by atoms with Gasteiger partial charge in [0.1, 0.15) is 0 Å². The third kappa shape index (κ3) is 5.29. The fourth-order valence-electron chi connectivity index (χ4n) is 0.916. The summed E-state index contributed by atoms with van der Waals surface area (Å²) in [7, 11) is -3.55. The van der Waals surface area contributed by atoms with Crippen molar-refractivity contribution < 1.29 is 22.4 Å². The van der Waals surface area contributed by atoms with Gasteiger partial charge in [0, 0.05) is 12.8 Å². The molecule has 2 unspecified atom stereocenters. The lowest BCUT2D eigenvalue weighted by atomic mass is 10.2. The van der Waals surface area contributed by atoms with E-state index in [2.05, 4.69) is 22.2 Å². The first kappa shape index (κ1) is 16.6. The van der Waals surface area contributed by atoms with E-state index in [0.717, 1.165) is 12.2 Å². The minimum atomic E-state index is -3.55. The molecule has 0 rings (SSSR count). The highest BCUT2D eigenvalue weighted by Crippen LogP contribution is 2.39. The largest absolute Gasteiger partial charge is 0.326 e. The second-order valence-electron chi connectivity index (χ2n) is 3.19. The van der Waals surface area contributed by atoms with Crippen molar-refractivity contribution in [2.24, 2.45) is 0 Å². The summed E-state index contributed by atoms with van der Waals surface area (Å²) in [6.45, 7) is 6.51. The fraction of sp³-hybridized carbons (Fsp3) is 0.333. The Morgan fingerprint density at radius 3 is 1.67 bits per heavy atom. The zero-order valence-electron chi connectivity index (χ0n) is 9.62. The molecule has 3 nitrogen and oxygen atoms in total. The van der Waals surface area contributed by atoms with Crippen molar-refractivity contribution in [1.29, 1.82) is 0 Å². The standard InChI is InChI=1S/C12H13F2O3P/c1-5-9-11(13,7-3)16-18(15)17-12(14,8-4)10-6-2/h3-6,18H,1-2,9-10H2. The van der Waals surface area contributed by atoms with Crippen LogP contribution in [0.3, 0.4) is 0 Å². The Kier molecular flexibility index (Phi) is 6.58. The van der Waals surface area contributed by atoms with Crippen LogP contribution in [0.4, 0.5) is 8.78 Å². The van der Waals surface area contributed by atoms with Crippen LogP contribution in [0, 0.1) is 24.7 Å². The van der Waals surface area contributed by atoms with Gasteiger partial charge in [0.15, 0.2) is 0 Å². The first-order valence-electron chi connectivity index (χ1n) is 4.82. The molecule has 18 heavy (non-hydrogen) atoms. The van der Waals surface area contributed by atoms with Crippen molar-refractivity contribution >= 4 is 8.25 Å². The predicted molar refractivity (Wildman–Crippen MR) is 66.1 cm³/mol. The number of hydrogen-bond donors (Lipinski definition) is 0. The molecule has 0 aliphatic carbocycles. The molecule has 0 aliphatic heterocycles. The minimum absolute atomic E-state index is 0.417. The molecule has 0 amide bonds. The maximum Gasteiger partial charge on any atom is 0.326 e.